The number of hydrogen-bond donors (Lipinski definition) is 1. The van der Waals surface area contributed by atoms with Gasteiger partial charge in [0.2, 0.25) is 0 Å². The first-order valence-corrected chi connectivity index (χ1v) is 7.64. The maximum Gasteiger partial charge on any atom is 0.123 e. The summed E-state index contributed by atoms with van der Waals surface area (Å²) in [5.74, 6) is -0.221. The molecular weight excluding hydrogens is 341 g/mol. The monoisotopic (exact) mass is 355 g/mol. The first-order chi connectivity index (χ1) is 9.52. The topological polar surface area (TPSA) is 12.0 Å². The third-order valence-electron chi connectivity index (χ3n) is 3.24. The first-order valence-electron chi connectivity index (χ1n) is 6.47. The van der Waals surface area contributed by atoms with Crippen molar-refractivity contribution in [3.8, 4) is 0 Å². The predicted molar refractivity (Wildman–Crippen MR) is 85.8 cm³/mol. The Kier molecular flexibility index (Phi) is 5.19. The summed E-state index contributed by atoms with van der Waals surface area (Å²) in [5.41, 5.74) is 3.06. The Morgan fingerprint density at radius 2 is 2.00 bits per heavy atom. The molecule has 0 heterocycles. The Hall–Kier alpha value is -0.900. The van der Waals surface area contributed by atoms with Gasteiger partial charge >= 0.3 is 0 Å². The number of halogens is 3. The van der Waals surface area contributed by atoms with E-state index in [2.05, 4.69) is 21.2 Å². The van der Waals surface area contributed by atoms with Gasteiger partial charge in [-0.15, -0.1) is 0 Å². The van der Waals surface area contributed by atoms with Crippen LogP contribution in [0.1, 0.15) is 29.7 Å². The van der Waals surface area contributed by atoms with Crippen LogP contribution in [0.3, 0.4) is 0 Å². The Morgan fingerprint density at radius 1 is 1.25 bits per heavy atom. The molecule has 0 aromatic heterocycles. The highest BCUT2D eigenvalue weighted by Crippen LogP contribution is 2.30. The molecule has 1 atom stereocenters. The molecule has 106 valence electrons. The highest BCUT2D eigenvalue weighted by atomic mass is 79.9. The Balaban J connectivity index is 2.49. The predicted octanol–water partition coefficient (Wildman–Crippen LogP) is 5.25. The van der Waals surface area contributed by atoms with Gasteiger partial charge in [-0.2, -0.15) is 0 Å². The summed E-state index contributed by atoms with van der Waals surface area (Å²) >= 11 is 9.47. The second-order valence-corrected chi connectivity index (χ2v) is 5.93. The molecule has 0 saturated heterocycles. The highest BCUT2D eigenvalue weighted by Gasteiger charge is 2.16. The van der Waals surface area contributed by atoms with Crippen molar-refractivity contribution in [2.75, 3.05) is 6.54 Å². The number of nitrogens with one attached hydrogen (secondary N) is 1. The van der Waals surface area contributed by atoms with Gasteiger partial charge in [0.15, 0.2) is 0 Å². The quantitative estimate of drug-likeness (QED) is 0.789. The summed E-state index contributed by atoms with van der Waals surface area (Å²) in [6.45, 7) is 4.82. The van der Waals surface area contributed by atoms with Crippen molar-refractivity contribution in [1.82, 2.24) is 5.32 Å². The molecule has 0 radical (unpaired) electrons. The number of rotatable bonds is 4. The summed E-state index contributed by atoms with van der Waals surface area (Å²) in [6, 6.07) is 10.6. The standard InChI is InChI=1S/C16H16BrClFN/c1-3-20-16(11-5-7-15(18)14(17)8-11)13-9-12(19)6-4-10(13)2/h4-9,16,20H,3H2,1-2H3. The van der Waals surface area contributed by atoms with Crippen LogP contribution in [0, 0.1) is 12.7 Å². The van der Waals surface area contributed by atoms with Crippen LogP contribution in [0.25, 0.3) is 0 Å². The molecule has 0 aliphatic rings. The minimum Gasteiger partial charge on any atom is -0.307 e. The van der Waals surface area contributed by atoms with Gasteiger partial charge in [-0.3, -0.25) is 0 Å². The second kappa shape index (κ2) is 6.70. The van der Waals surface area contributed by atoms with E-state index in [0.29, 0.717) is 5.02 Å². The second-order valence-electron chi connectivity index (χ2n) is 4.67. The van der Waals surface area contributed by atoms with Gasteiger partial charge < -0.3 is 5.32 Å². The third kappa shape index (κ3) is 3.40. The molecule has 20 heavy (non-hydrogen) atoms. The molecule has 2 aromatic carbocycles. The minimum atomic E-state index is -0.221. The molecule has 2 aromatic rings. The summed E-state index contributed by atoms with van der Waals surface area (Å²) in [5, 5.41) is 4.07. The fourth-order valence-electron chi connectivity index (χ4n) is 2.23. The van der Waals surface area contributed by atoms with Gasteiger partial charge in [0.25, 0.3) is 0 Å². The van der Waals surface area contributed by atoms with Crippen molar-refractivity contribution in [3.63, 3.8) is 0 Å². The molecule has 4 heteroatoms. The van der Waals surface area contributed by atoms with Crippen LogP contribution < -0.4 is 5.32 Å². The van der Waals surface area contributed by atoms with Crippen molar-refractivity contribution in [2.24, 2.45) is 0 Å². The lowest BCUT2D eigenvalue weighted by atomic mass is 9.95. The summed E-state index contributed by atoms with van der Waals surface area (Å²) < 4.78 is 14.4. The van der Waals surface area contributed by atoms with Crippen molar-refractivity contribution in [3.05, 3.63) is 68.4 Å². The van der Waals surface area contributed by atoms with E-state index in [1.807, 2.05) is 32.0 Å². The van der Waals surface area contributed by atoms with E-state index in [4.69, 9.17) is 11.6 Å². The summed E-state index contributed by atoms with van der Waals surface area (Å²) in [6.07, 6.45) is 0. The molecule has 0 saturated carbocycles. The van der Waals surface area contributed by atoms with Crippen LogP contribution in [0.2, 0.25) is 5.02 Å². The summed E-state index contributed by atoms with van der Waals surface area (Å²) in [7, 11) is 0. The van der Waals surface area contributed by atoms with Gasteiger partial charge in [0.05, 0.1) is 11.1 Å². The number of benzene rings is 2. The fourth-order valence-corrected chi connectivity index (χ4v) is 2.74. The van der Waals surface area contributed by atoms with Gasteiger partial charge in [-0.1, -0.05) is 30.7 Å². The zero-order chi connectivity index (χ0) is 14.7. The van der Waals surface area contributed by atoms with Crippen molar-refractivity contribution < 1.29 is 4.39 Å². The van der Waals surface area contributed by atoms with Crippen molar-refractivity contribution in [1.29, 1.82) is 0 Å². The number of hydrogen-bond acceptors (Lipinski definition) is 1. The summed E-state index contributed by atoms with van der Waals surface area (Å²) in [4.78, 5) is 0. The van der Waals surface area contributed by atoms with Gasteiger partial charge in [-0.05, 0) is 70.4 Å². The zero-order valence-corrected chi connectivity index (χ0v) is 13.7. The third-order valence-corrected chi connectivity index (χ3v) is 4.45. The van der Waals surface area contributed by atoms with Gasteiger partial charge in [0.1, 0.15) is 5.82 Å². The molecule has 0 aliphatic heterocycles. The van der Waals surface area contributed by atoms with Crippen LogP contribution in [-0.2, 0) is 0 Å². The fraction of sp³-hybridized carbons (Fsp3) is 0.250. The first kappa shape index (κ1) is 15.5. The average molecular weight is 357 g/mol. The van der Waals surface area contributed by atoms with Crippen molar-refractivity contribution in [2.45, 2.75) is 19.9 Å². The molecule has 0 spiro atoms. The zero-order valence-electron chi connectivity index (χ0n) is 11.4. The van der Waals surface area contributed by atoms with Crippen LogP contribution in [0.4, 0.5) is 4.39 Å². The molecule has 1 nitrogen and oxygen atoms in total. The van der Waals surface area contributed by atoms with E-state index in [1.165, 1.54) is 6.07 Å². The Labute approximate surface area is 132 Å². The Morgan fingerprint density at radius 3 is 2.65 bits per heavy atom. The molecule has 1 N–H and O–H groups in total. The van der Waals surface area contributed by atoms with E-state index in [1.54, 1.807) is 12.1 Å². The van der Waals surface area contributed by atoms with E-state index >= 15 is 0 Å². The van der Waals surface area contributed by atoms with Crippen LogP contribution >= 0.6 is 27.5 Å². The van der Waals surface area contributed by atoms with E-state index in [0.717, 1.165) is 27.7 Å². The van der Waals surface area contributed by atoms with Crippen molar-refractivity contribution >= 4 is 27.5 Å². The maximum atomic E-state index is 13.5. The lowest BCUT2D eigenvalue weighted by molar-refractivity contribution is 0.600. The smallest absolute Gasteiger partial charge is 0.123 e. The molecule has 0 amide bonds. The molecule has 0 fully saturated rings. The molecular formula is C16H16BrClFN. The molecule has 2 rings (SSSR count). The largest absolute Gasteiger partial charge is 0.307 e. The molecule has 0 bridgehead atoms. The lowest BCUT2D eigenvalue weighted by Crippen LogP contribution is -2.23. The SMILES string of the molecule is CCNC(c1ccc(Cl)c(Br)c1)c1cc(F)ccc1C. The van der Waals surface area contributed by atoms with Crippen LogP contribution in [-0.4, -0.2) is 6.54 Å². The Bertz CT molecular complexity index is 615. The normalized spacial score (nSPS) is 12.4. The van der Waals surface area contributed by atoms with Crippen LogP contribution in [0.5, 0.6) is 0 Å². The van der Waals surface area contributed by atoms with Gasteiger partial charge in [-0.25, -0.2) is 4.39 Å². The van der Waals surface area contributed by atoms with E-state index in [9.17, 15) is 4.39 Å². The van der Waals surface area contributed by atoms with Crippen LogP contribution in [0.15, 0.2) is 40.9 Å². The van der Waals surface area contributed by atoms with E-state index in [-0.39, 0.29) is 11.9 Å². The lowest BCUT2D eigenvalue weighted by Gasteiger charge is -2.21. The highest BCUT2D eigenvalue weighted by molar-refractivity contribution is 9.10. The number of aryl methyl sites for hydroxylation is 1. The van der Waals surface area contributed by atoms with E-state index < -0.39 is 0 Å². The average Bonchev–Trinajstić information content (AvgIpc) is 2.42. The maximum absolute atomic E-state index is 13.5. The molecule has 1 unspecified atom stereocenters. The minimum absolute atomic E-state index is 0.0516. The van der Waals surface area contributed by atoms with Gasteiger partial charge in [0, 0.05) is 4.47 Å². The molecule has 0 aliphatic carbocycles.